The molecule has 0 radical (unpaired) electrons. The van der Waals surface area contributed by atoms with Gasteiger partial charge in [-0.3, -0.25) is 9.59 Å². The highest BCUT2D eigenvalue weighted by Gasteiger charge is 2.36. The Morgan fingerprint density at radius 3 is 2.52 bits per heavy atom. The molecular formula is C16H9BrClNO3S. The maximum Gasteiger partial charge on any atom is 0.298 e. The fourth-order valence-corrected chi connectivity index (χ4v) is 3.75. The number of benzene rings is 2. The lowest BCUT2D eigenvalue weighted by molar-refractivity contribution is -0.113. The average molecular weight is 411 g/mol. The number of anilines is 1. The van der Waals surface area contributed by atoms with Crippen molar-refractivity contribution in [2.45, 2.75) is 0 Å². The molecule has 0 unspecified atom stereocenters. The summed E-state index contributed by atoms with van der Waals surface area (Å²) in [5.74, 6) is -0.451. The molecule has 0 saturated carbocycles. The Morgan fingerprint density at radius 2 is 1.87 bits per heavy atom. The van der Waals surface area contributed by atoms with Crippen LogP contribution in [0.3, 0.4) is 0 Å². The van der Waals surface area contributed by atoms with E-state index in [4.69, 9.17) is 11.6 Å². The lowest BCUT2D eigenvalue weighted by atomic mass is 10.2. The van der Waals surface area contributed by atoms with Gasteiger partial charge in [-0.25, -0.2) is 4.90 Å². The van der Waals surface area contributed by atoms with Gasteiger partial charge in [0, 0.05) is 0 Å². The number of phenols is 1. The number of carbonyl (C=O) groups is 2. The van der Waals surface area contributed by atoms with Crippen molar-refractivity contribution in [1.82, 2.24) is 0 Å². The number of amides is 2. The number of hydrogen-bond acceptors (Lipinski definition) is 4. The van der Waals surface area contributed by atoms with Gasteiger partial charge in [-0.05, 0) is 63.6 Å². The Bertz CT molecular complexity index is 815. The van der Waals surface area contributed by atoms with Crippen molar-refractivity contribution in [2.24, 2.45) is 0 Å². The molecule has 1 aliphatic rings. The third kappa shape index (κ3) is 3.15. The van der Waals surface area contributed by atoms with Crippen molar-refractivity contribution in [2.75, 3.05) is 4.90 Å². The quantitative estimate of drug-likeness (QED) is 0.704. The van der Waals surface area contributed by atoms with Gasteiger partial charge < -0.3 is 5.11 Å². The van der Waals surface area contributed by atoms with Crippen LogP contribution in [-0.4, -0.2) is 16.3 Å². The molecule has 1 N–H and O–H groups in total. The summed E-state index contributed by atoms with van der Waals surface area (Å²) in [4.78, 5) is 26.0. The molecule has 1 saturated heterocycles. The number of phenolic OH excluding ortho intramolecular Hbond substituents is 1. The van der Waals surface area contributed by atoms with E-state index in [2.05, 4.69) is 15.9 Å². The Morgan fingerprint density at radius 1 is 1.17 bits per heavy atom. The van der Waals surface area contributed by atoms with Gasteiger partial charge in [-0.2, -0.15) is 0 Å². The summed E-state index contributed by atoms with van der Waals surface area (Å²) < 4.78 is 0.415. The van der Waals surface area contributed by atoms with E-state index in [0.29, 0.717) is 20.6 Å². The molecule has 2 aromatic rings. The normalized spacial score (nSPS) is 16.4. The number of imide groups is 1. The monoisotopic (exact) mass is 409 g/mol. The molecule has 1 heterocycles. The first kappa shape index (κ1) is 16.1. The molecule has 7 heteroatoms. The number of hydrogen-bond donors (Lipinski definition) is 1. The number of rotatable bonds is 2. The summed E-state index contributed by atoms with van der Waals surface area (Å²) in [5, 5.41) is 9.45. The molecule has 0 aliphatic carbocycles. The molecule has 1 aliphatic heterocycles. The van der Waals surface area contributed by atoms with Crippen LogP contribution in [0.5, 0.6) is 5.75 Å². The summed E-state index contributed by atoms with van der Waals surface area (Å²) in [6.45, 7) is 0. The Hall–Kier alpha value is -1.76. The van der Waals surface area contributed by atoms with E-state index in [1.807, 2.05) is 6.07 Å². The van der Waals surface area contributed by atoms with Gasteiger partial charge in [0.2, 0.25) is 0 Å². The molecule has 4 nitrogen and oxygen atoms in total. The fraction of sp³-hybridized carbons (Fsp3) is 0. The van der Waals surface area contributed by atoms with E-state index >= 15 is 0 Å². The predicted molar refractivity (Wildman–Crippen MR) is 95.7 cm³/mol. The first-order chi connectivity index (χ1) is 11.0. The summed E-state index contributed by atoms with van der Waals surface area (Å²) in [6, 6.07) is 11.9. The Labute approximate surface area is 149 Å². The molecule has 1 fully saturated rings. The average Bonchev–Trinajstić information content (AvgIpc) is 2.80. The lowest BCUT2D eigenvalue weighted by Gasteiger charge is -2.11. The smallest absolute Gasteiger partial charge is 0.298 e. The summed E-state index contributed by atoms with van der Waals surface area (Å²) in [6.07, 6.45) is 1.57. The number of halogens is 2. The number of nitrogens with zero attached hydrogens (tertiary/aromatic N) is 1. The van der Waals surface area contributed by atoms with Gasteiger partial charge in [0.15, 0.2) is 0 Å². The van der Waals surface area contributed by atoms with Crippen LogP contribution in [0.1, 0.15) is 5.56 Å². The predicted octanol–water partition coefficient (Wildman–Crippen LogP) is 5.05. The second-order valence-electron chi connectivity index (χ2n) is 4.69. The van der Waals surface area contributed by atoms with E-state index in [-0.39, 0.29) is 21.9 Å². The van der Waals surface area contributed by atoms with Crippen molar-refractivity contribution in [3.05, 3.63) is 62.4 Å². The molecule has 0 spiro atoms. The highest BCUT2D eigenvalue weighted by atomic mass is 79.9. The lowest BCUT2D eigenvalue weighted by Crippen LogP contribution is -2.27. The second kappa shape index (κ2) is 6.39. The third-order valence-corrected chi connectivity index (χ3v) is 4.91. The van der Waals surface area contributed by atoms with Crippen molar-refractivity contribution in [3.8, 4) is 5.75 Å². The Kier molecular flexibility index (Phi) is 4.48. The molecule has 2 amide bonds. The first-order valence-electron chi connectivity index (χ1n) is 6.48. The van der Waals surface area contributed by atoms with Gasteiger partial charge in [0.1, 0.15) is 5.75 Å². The van der Waals surface area contributed by atoms with Crippen LogP contribution < -0.4 is 4.90 Å². The summed E-state index contributed by atoms with van der Waals surface area (Å²) >= 11 is 9.97. The minimum atomic E-state index is -0.383. The van der Waals surface area contributed by atoms with Gasteiger partial charge >= 0.3 is 0 Å². The zero-order valence-corrected chi connectivity index (χ0v) is 14.7. The molecule has 23 heavy (non-hydrogen) atoms. The van der Waals surface area contributed by atoms with Crippen LogP contribution in [0.15, 0.2) is 51.8 Å². The maximum absolute atomic E-state index is 12.5. The number of para-hydroxylation sites is 1. The van der Waals surface area contributed by atoms with E-state index in [9.17, 15) is 14.7 Å². The number of aromatic hydroxyl groups is 1. The Balaban J connectivity index is 1.96. The summed E-state index contributed by atoms with van der Waals surface area (Å²) in [5.41, 5.74) is 1.14. The molecular weight excluding hydrogens is 402 g/mol. The molecule has 0 atom stereocenters. The van der Waals surface area contributed by atoms with Gasteiger partial charge in [0.05, 0.1) is 20.1 Å². The molecule has 3 rings (SSSR count). The van der Waals surface area contributed by atoms with Crippen LogP contribution in [0.2, 0.25) is 5.02 Å². The molecule has 0 bridgehead atoms. The highest BCUT2D eigenvalue weighted by Crippen LogP contribution is 2.38. The fourth-order valence-electron chi connectivity index (χ4n) is 2.09. The number of carbonyl (C=O) groups excluding carboxylic acids is 2. The summed E-state index contributed by atoms with van der Waals surface area (Å²) in [7, 11) is 0. The minimum absolute atomic E-state index is 0.0683. The zero-order valence-electron chi connectivity index (χ0n) is 11.5. The van der Waals surface area contributed by atoms with Gasteiger partial charge in [-0.1, -0.05) is 29.8 Å². The van der Waals surface area contributed by atoms with E-state index in [1.54, 1.807) is 36.4 Å². The van der Waals surface area contributed by atoms with Crippen molar-refractivity contribution >= 4 is 62.2 Å². The van der Waals surface area contributed by atoms with Crippen molar-refractivity contribution in [1.29, 1.82) is 0 Å². The molecule has 0 aromatic heterocycles. The van der Waals surface area contributed by atoms with Crippen LogP contribution in [0.4, 0.5) is 10.5 Å². The maximum atomic E-state index is 12.5. The van der Waals surface area contributed by atoms with Crippen LogP contribution in [0, 0.1) is 0 Å². The van der Waals surface area contributed by atoms with Crippen LogP contribution >= 0.6 is 39.3 Å². The van der Waals surface area contributed by atoms with Crippen molar-refractivity contribution in [3.63, 3.8) is 0 Å². The van der Waals surface area contributed by atoms with Gasteiger partial charge in [0.25, 0.3) is 11.1 Å². The van der Waals surface area contributed by atoms with E-state index in [1.165, 1.54) is 6.07 Å². The third-order valence-electron chi connectivity index (χ3n) is 3.15. The minimum Gasteiger partial charge on any atom is -0.505 e. The molecule has 116 valence electrons. The van der Waals surface area contributed by atoms with E-state index in [0.717, 1.165) is 16.7 Å². The molecule has 2 aromatic carbocycles. The largest absolute Gasteiger partial charge is 0.505 e. The topological polar surface area (TPSA) is 57.6 Å². The van der Waals surface area contributed by atoms with Crippen LogP contribution in [-0.2, 0) is 4.79 Å². The highest BCUT2D eigenvalue weighted by molar-refractivity contribution is 9.10. The SMILES string of the molecule is O=C1S/C(=C/c2cc(Cl)c(O)c(Br)c2)C(=O)N1c1ccccc1. The van der Waals surface area contributed by atoms with Gasteiger partial charge in [-0.15, -0.1) is 0 Å². The van der Waals surface area contributed by atoms with Crippen molar-refractivity contribution < 1.29 is 14.7 Å². The number of thioether (sulfide) groups is 1. The second-order valence-corrected chi connectivity index (χ2v) is 6.94. The first-order valence-corrected chi connectivity index (χ1v) is 8.47. The van der Waals surface area contributed by atoms with Crippen LogP contribution in [0.25, 0.3) is 6.08 Å². The standard InChI is InChI=1S/C16H9BrClNO3S/c17-11-6-9(7-12(18)14(11)20)8-13-15(21)19(16(22)23-13)10-4-2-1-3-5-10/h1-8,20H/b13-8+. The van der Waals surface area contributed by atoms with E-state index < -0.39 is 0 Å². The zero-order chi connectivity index (χ0) is 16.6.